The summed E-state index contributed by atoms with van der Waals surface area (Å²) in [5, 5.41) is 13.2. The number of nitrogens with one attached hydrogen (secondary N) is 1. The van der Waals surface area contributed by atoms with Crippen LogP contribution in [0.1, 0.15) is 17.0 Å². The summed E-state index contributed by atoms with van der Waals surface area (Å²) in [6.07, 6.45) is 1.03. The molecule has 3 aromatic rings. The number of methoxy groups -OCH3 is 1. The molecule has 0 saturated heterocycles. The molecular formula is C25H19ClN4O4S. The lowest BCUT2D eigenvalue weighted by Crippen LogP contribution is -2.41. The Labute approximate surface area is 208 Å². The lowest BCUT2D eigenvalue weighted by molar-refractivity contribution is -0.133. The van der Waals surface area contributed by atoms with Crippen LogP contribution in [-0.4, -0.2) is 23.6 Å². The third kappa shape index (κ3) is 4.37. The highest BCUT2D eigenvalue weighted by Crippen LogP contribution is 2.39. The minimum absolute atomic E-state index is 0.00698. The van der Waals surface area contributed by atoms with Crippen LogP contribution in [0.4, 0.5) is 5.69 Å². The Kier molecular flexibility index (Phi) is 6.60. The van der Waals surface area contributed by atoms with Crippen molar-refractivity contribution in [2.24, 2.45) is 5.73 Å². The van der Waals surface area contributed by atoms with Gasteiger partial charge in [-0.15, -0.1) is 11.3 Å². The number of thiazole rings is 1. The number of ether oxygens (including phenoxy) is 1. The number of nitrogens with zero attached hydrogens (tertiary/aromatic N) is 2. The van der Waals surface area contributed by atoms with Gasteiger partial charge >= 0.3 is 5.97 Å². The average molecular weight is 507 g/mol. The summed E-state index contributed by atoms with van der Waals surface area (Å²) < 4.78 is 5.92. The lowest BCUT2D eigenvalue weighted by atomic mass is 9.83. The van der Waals surface area contributed by atoms with Gasteiger partial charge in [-0.25, -0.2) is 4.79 Å². The predicted molar refractivity (Wildman–Crippen MR) is 135 cm³/mol. The molecule has 10 heteroatoms. The van der Waals surface area contributed by atoms with Crippen molar-refractivity contribution in [3.05, 3.63) is 89.8 Å². The zero-order chi connectivity index (χ0) is 25.3. The van der Waals surface area contributed by atoms with Crippen LogP contribution in [0.3, 0.4) is 0 Å². The molecule has 3 N–H and O–H groups in total. The van der Waals surface area contributed by atoms with Gasteiger partial charge in [0.1, 0.15) is 15.0 Å². The summed E-state index contributed by atoms with van der Waals surface area (Å²) in [5.74, 6) is -2.36. The number of benzene rings is 2. The van der Waals surface area contributed by atoms with Crippen molar-refractivity contribution in [3.63, 3.8) is 0 Å². The number of esters is 1. The van der Waals surface area contributed by atoms with Crippen LogP contribution in [0, 0.1) is 18.3 Å². The minimum atomic E-state index is -0.942. The standard InChI is InChI=1S/C25H19ClN4O4S/c1-13-7-9-14(10-8-13)29-23(32)21-20(15-5-3-4-6-17(15)26)16(12-27)22(28)30-24(33)18(35-25(21)30)11-19(31)34-2/h3-11,20H,28H2,1-2H3,(H,29,32)/b18-11-. The second-order valence-corrected chi connectivity index (χ2v) is 9.12. The van der Waals surface area contributed by atoms with E-state index in [-0.39, 0.29) is 26.2 Å². The molecule has 35 heavy (non-hydrogen) atoms. The van der Waals surface area contributed by atoms with Gasteiger partial charge in [-0.05, 0) is 30.7 Å². The monoisotopic (exact) mass is 506 g/mol. The Hall–Kier alpha value is -4.13. The third-order valence-electron chi connectivity index (χ3n) is 5.49. The smallest absolute Gasteiger partial charge is 0.332 e. The molecule has 0 bridgehead atoms. The lowest BCUT2D eigenvalue weighted by Gasteiger charge is -2.26. The maximum atomic E-state index is 13.7. The third-order valence-corrected chi connectivity index (χ3v) is 6.94. The van der Waals surface area contributed by atoms with Crippen molar-refractivity contribution in [2.75, 3.05) is 12.4 Å². The van der Waals surface area contributed by atoms with Crippen LogP contribution in [0.25, 0.3) is 17.5 Å². The fourth-order valence-electron chi connectivity index (χ4n) is 3.79. The quantitative estimate of drug-likeness (QED) is 0.521. The highest BCUT2D eigenvalue weighted by atomic mass is 35.5. The molecular weight excluding hydrogens is 488 g/mol. The van der Waals surface area contributed by atoms with Crippen LogP contribution in [0.15, 0.2) is 58.9 Å². The number of rotatable bonds is 4. The second-order valence-electron chi connectivity index (χ2n) is 7.68. The summed E-state index contributed by atoms with van der Waals surface area (Å²) in [6.45, 7) is 1.92. The first-order valence-electron chi connectivity index (χ1n) is 10.3. The Morgan fingerprint density at radius 1 is 1.23 bits per heavy atom. The zero-order valence-electron chi connectivity index (χ0n) is 18.7. The summed E-state index contributed by atoms with van der Waals surface area (Å²) in [7, 11) is 1.19. The number of carbonyl (C=O) groups excluding carboxylic acids is 2. The fourth-order valence-corrected chi connectivity index (χ4v) is 5.17. The van der Waals surface area contributed by atoms with Gasteiger partial charge in [0.25, 0.3) is 11.5 Å². The zero-order valence-corrected chi connectivity index (χ0v) is 20.2. The maximum Gasteiger partial charge on any atom is 0.332 e. The molecule has 0 fully saturated rings. The van der Waals surface area contributed by atoms with Gasteiger partial charge in [0, 0.05) is 16.8 Å². The first kappa shape index (κ1) is 24.0. The van der Waals surface area contributed by atoms with Gasteiger partial charge in [0.15, 0.2) is 0 Å². The highest BCUT2D eigenvalue weighted by Gasteiger charge is 2.36. The summed E-state index contributed by atoms with van der Waals surface area (Å²) >= 11 is 7.38. The molecule has 4 rings (SSSR count). The van der Waals surface area contributed by atoms with Crippen molar-refractivity contribution in [1.29, 1.82) is 5.26 Å². The van der Waals surface area contributed by atoms with E-state index in [1.165, 1.54) is 7.11 Å². The summed E-state index contributed by atoms with van der Waals surface area (Å²) in [4.78, 5) is 38.7. The molecule has 1 amide bonds. The van der Waals surface area contributed by atoms with E-state index in [1.54, 1.807) is 36.4 Å². The first-order chi connectivity index (χ1) is 16.8. The molecule has 8 nitrogen and oxygen atoms in total. The van der Waals surface area contributed by atoms with Crippen molar-refractivity contribution in [1.82, 2.24) is 4.57 Å². The van der Waals surface area contributed by atoms with Crippen LogP contribution < -0.4 is 25.8 Å². The number of halogens is 1. The number of carbonyl (C=O) groups is 2. The number of aryl methyl sites for hydroxylation is 1. The molecule has 2 aromatic carbocycles. The number of nitriles is 1. The number of nitrogens with two attached hydrogens (primary N) is 1. The van der Waals surface area contributed by atoms with Gasteiger partial charge in [-0.1, -0.05) is 47.5 Å². The van der Waals surface area contributed by atoms with Crippen LogP contribution in [0.2, 0.25) is 5.02 Å². The molecule has 1 aliphatic heterocycles. The molecule has 0 radical (unpaired) electrons. The summed E-state index contributed by atoms with van der Waals surface area (Å²) in [6, 6.07) is 16.0. The molecule has 0 aliphatic carbocycles. The Balaban J connectivity index is 2.06. The number of allylic oxidation sites excluding steroid dienone is 1. The van der Waals surface area contributed by atoms with Crippen LogP contribution in [-0.2, 0) is 14.3 Å². The minimum Gasteiger partial charge on any atom is -0.466 e. The number of anilines is 1. The van der Waals surface area contributed by atoms with Crippen molar-refractivity contribution < 1.29 is 14.3 Å². The van der Waals surface area contributed by atoms with E-state index in [0.29, 0.717) is 16.3 Å². The van der Waals surface area contributed by atoms with Gasteiger partial charge < -0.3 is 15.8 Å². The summed E-state index contributed by atoms with van der Waals surface area (Å²) in [5.41, 5.74) is 7.77. The predicted octanol–water partition coefficient (Wildman–Crippen LogP) is 2.06. The second kappa shape index (κ2) is 9.62. The molecule has 176 valence electrons. The molecule has 1 aliphatic rings. The van der Waals surface area contributed by atoms with Crippen LogP contribution >= 0.6 is 22.9 Å². The number of fused-ring (bicyclic) bond motifs is 1. The topological polar surface area (TPSA) is 127 Å². The normalized spacial score (nSPS) is 15.4. The van der Waals surface area contributed by atoms with Gasteiger partial charge in [0.2, 0.25) is 0 Å². The van der Waals surface area contributed by atoms with Gasteiger partial charge in [-0.3, -0.25) is 14.2 Å². The van der Waals surface area contributed by atoms with E-state index >= 15 is 0 Å². The van der Waals surface area contributed by atoms with Crippen molar-refractivity contribution >= 4 is 58.0 Å². The molecule has 0 spiro atoms. The van der Waals surface area contributed by atoms with E-state index in [0.717, 1.165) is 27.5 Å². The fraction of sp³-hybridized carbons (Fsp3) is 0.120. The number of aromatic nitrogens is 1. The average Bonchev–Trinajstić information content (AvgIpc) is 3.16. The molecule has 1 atom stereocenters. The number of amides is 1. The van der Waals surface area contributed by atoms with Gasteiger partial charge in [-0.2, -0.15) is 5.26 Å². The van der Waals surface area contributed by atoms with E-state index < -0.39 is 23.4 Å². The van der Waals surface area contributed by atoms with Gasteiger partial charge in [0.05, 0.1) is 30.2 Å². The van der Waals surface area contributed by atoms with Crippen LogP contribution in [0.5, 0.6) is 0 Å². The number of hydrogen-bond donors (Lipinski definition) is 2. The number of hydrogen-bond acceptors (Lipinski definition) is 7. The van der Waals surface area contributed by atoms with E-state index in [4.69, 9.17) is 17.3 Å². The Morgan fingerprint density at radius 2 is 1.91 bits per heavy atom. The Morgan fingerprint density at radius 3 is 2.54 bits per heavy atom. The molecule has 1 unspecified atom stereocenters. The first-order valence-corrected chi connectivity index (χ1v) is 11.5. The van der Waals surface area contributed by atoms with Crippen molar-refractivity contribution in [3.8, 4) is 6.07 Å². The Bertz CT molecular complexity index is 1610. The van der Waals surface area contributed by atoms with E-state index in [9.17, 15) is 19.6 Å². The van der Waals surface area contributed by atoms with Crippen molar-refractivity contribution in [2.45, 2.75) is 12.8 Å². The highest BCUT2D eigenvalue weighted by molar-refractivity contribution is 7.07. The van der Waals surface area contributed by atoms with E-state index in [2.05, 4.69) is 16.1 Å². The molecule has 0 saturated carbocycles. The van der Waals surface area contributed by atoms with E-state index in [1.807, 2.05) is 19.1 Å². The largest absolute Gasteiger partial charge is 0.466 e. The molecule has 2 heterocycles. The SMILES string of the molecule is COC(=O)/C=c1\sc2n(c1=O)C(N)=C(C#N)C(c1ccccc1Cl)C=2C(=O)Nc1ccc(C)cc1. The maximum absolute atomic E-state index is 13.7. The molecule has 1 aromatic heterocycles.